The standard InChI is InChI=1S/C8H16F3N3O/c1-5(2)3-13-4-6(7(12)14-15)8(9,10)11/h5-6,13,15H,3-4H2,1-2H3,(H2,12,14). The van der Waals surface area contributed by atoms with Gasteiger partial charge in [0.2, 0.25) is 0 Å². The summed E-state index contributed by atoms with van der Waals surface area (Å²) in [6, 6.07) is 0. The third-order valence-corrected chi connectivity index (χ3v) is 1.77. The molecule has 0 aliphatic heterocycles. The van der Waals surface area contributed by atoms with Crippen molar-refractivity contribution in [2.24, 2.45) is 22.7 Å². The molecule has 0 aliphatic rings. The summed E-state index contributed by atoms with van der Waals surface area (Å²) in [4.78, 5) is 0. The summed E-state index contributed by atoms with van der Waals surface area (Å²) in [7, 11) is 0. The second-order valence-electron chi connectivity index (χ2n) is 3.67. The molecule has 0 amide bonds. The van der Waals surface area contributed by atoms with Crippen molar-refractivity contribution in [3.05, 3.63) is 0 Å². The van der Waals surface area contributed by atoms with Crippen molar-refractivity contribution < 1.29 is 18.4 Å². The fourth-order valence-corrected chi connectivity index (χ4v) is 0.974. The van der Waals surface area contributed by atoms with Gasteiger partial charge in [-0.3, -0.25) is 0 Å². The number of rotatable bonds is 5. The first-order chi connectivity index (χ1) is 6.79. The minimum Gasteiger partial charge on any atom is -0.409 e. The minimum absolute atomic E-state index is 0.242. The molecule has 7 heteroatoms. The van der Waals surface area contributed by atoms with E-state index in [0.717, 1.165) is 0 Å². The number of halogens is 3. The smallest absolute Gasteiger partial charge is 0.400 e. The Hall–Kier alpha value is -0.980. The van der Waals surface area contributed by atoms with Crippen molar-refractivity contribution in [3.63, 3.8) is 0 Å². The van der Waals surface area contributed by atoms with Gasteiger partial charge in [-0.1, -0.05) is 19.0 Å². The summed E-state index contributed by atoms with van der Waals surface area (Å²) in [5, 5.41) is 13.2. The molecule has 0 spiro atoms. The van der Waals surface area contributed by atoms with Crippen LogP contribution >= 0.6 is 0 Å². The Bertz CT molecular complexity index is 216. The van der Waals surface area contributed by atoms with Gasteiger partial charge in [0.15, 0.2) is 5.84 Å². The van der Waals surface area contributed by atoms with Gasteiger partial charge in [0.25, 0.3) is 0 Å². The van der Waals surface area contributed by atoms with Crippen LogP contribution in [0.1, 0.15) is 13.8 Å². The molecule has 15 heavy (non-hydrogen) atoms. The number of alkyl halides is 3. The molecule has 90 valence electrons. The largest absolute Gasteiger partial charge is 0.409 e. The number of nitrogens with one attached hydrogen (secondary N) is 1. The fraction of sp³-hybridized carbons (Fsp3) is 0.875. The summed E-state index contributed by atoms with van der Waals surface area (Å²) in [5.41, 5.74) is 4.96. The summed E-state index contributed by atoms with van der Waals surface area (Å²) in [6.45, 7) is 3.82. The third kappa shape index (κ3) is 5.46. The maximum atomic E-state index is 12.4. The molecule has 0 aliphatic carbocycles. The normalized spacial score (nSPS) is 15.7. The fourth-order valence-electron chi connectivity index (χ4n) is 0.974. The van der Waals surface area contributed by atoms with Crippen molar-refractivity contribution in [2.45, 2.75) is 20.0 Å². The predicted molar refractivity (Wildman–Crippen MR) is 50.7 cm³/mol. The van der Waals surface area contributed by atoms with Crippen molar-refractivity contribution in [2.75, 3.05) is 13.1 Å². The van der Waals surface area contributed by atoms with Crippen molar-refractivity contribution in [1.29, 1.82) is 0 Å². The third-order valence-electron chi connectivity index (χ3n) is 1.77. The molecule has 0 saturated heterocycles. The zero-order chi connectivity index (χ0) is 12.1. The molecule has 0 fully saturated rings. The van der Waals surface area contributed by atoms with E-state index in [1.807, 2.05) is 13.8 Å². The van der Waals surface area contributed by atoms with Crippen LogP contribution in [0.5, 0.6) is 0 Å². The van der Waals surface area contributed by atoms with Gasteiger partial charge in [0, 0.05) is 6.54 Å². The molecule has 0 aromatic rings. The Morgan fingerprint density at radius 1 is 1.40 bits per heavy atom. The Morgan fingerprint density at radius 3 is 2.27 bits per heavy atom. The molecule has 4 N–H and O–H groups in total. The highest BCUT2D eigenvalue weighted by Crippen LogP contribution is 2.25. The van der Waals surface area contributed by atoms with Crippen molar-refractivity contribution in [3.8, 4) is 0 Å². The summed E-state index contributed by atoms with van der Waals surface area (Å²) in [5.74, 6) is -2.52. The van der Waals surface area contributed by atoms with Gasteiger partial charge in [-0.05, 0) is 12.5 Å². The highest BCUT2D eigenvalue weighted by atomic mass is 19.4. The first-order valence-corrected chi connectivity index (χ1v) is 4.53. The number of hydrogen-bond donors (Lipinski definition) is 3. The highest BCUT2D eigenvalue weighted by Gasteiger charge is 2.42. The topological polar surface area (TPSA) is 70.6 Å². The van der Waals surface area contributed by atoms with E-state index in [1.165, 1.54) is 0 Å². The number of oxime groups is 1. The second-order valence-corrected chi connectivity index (χ2v) is 3.67. The van der Waals surface area contributed by atoms with Crippen LogP contribution in [0, 0.1) is 11.8 Å². The van der Waals surface area contributed by atoms with Gasteiger partial charge >= 0.3 is 6.18 Å². The van der Waals surface area contributed by atoms with Crippen LogP contribution in [0.3, 0.4) is 0 Å². The zero-order valence-electron chi connectivity index (χ0n) is 8.67. The van der Waals surface area contributed by atoms with Gasteiger partial charge in [-0.25, -0.2) is 0 Å². The monoisotopic (exact) mass is 227 g/mol. The van der Waals surface area contributed by atoms with Gasteiger partial charge in [-0.2, -0.15) is 13.2 Å². The van der Waals surface area contributed by atoms with Gasteiger partial charge in [0.05, 0.1) is 0 Å². The van der Waals surface area contributed by atoms with E-state index >= 15 is 0 Å². The van der Waals surface area contributed by atoms with Gasteiger partial charge in [-0.15, -0.1) is 0 Å². The molecule has 1 atom stereocenters. The van der Waals surface area contributed by atoms with Crippen LogP contribution in [0.15, 0.2) is 5.16 Å². The molecule has 0 heterocycles. The Balaban J connectivity index is 4.28. The summed E-state index contributed by atoms with van der Waals surface area (Å²) < 4.78 is 37.1. The van der Waals surface area contributed by atoms with Crippen LogP contribution in [0.2, 0.25) is 0 Å². The Kier molecular flexibility index (Phi) is 5.41. The molecule has 0 saturated carbocycles. The van der Waals surface area contributed by atoms with Crippen LogP contribution in [-0.4, -0.2) is 30.3 Å². The lowest BCUT2D eigenvalue weighted by molar-refractivity contribution is -0.154. The molecule has 0 radical (unpaired) electrons. The maximum absolute atomic E-state index is 12.4. The SMILES string of the molecule is CC(C)CNCC(C(N)=NO)C(F)(F)F. The van der Waals surface area contributed by atoms with Crippen LogP contribution in [0.25, 0.3) is 0 Å². The van der Waals surface area contributed by atoms with Crippen molar-refractivity contribution in [1.82, 2.24) is 5.32 Å². The van der Waals surface area contributed by atoms with E-state index < -0.39 is 17.9 Å². The van der Waals surface area contributed by atoms with Crippen LogP contribution < -0.4 is 11.1 Å². The van der Waals surface area contributed by atoms with E-state index in [9.17, 15) is 13.2 Å². The average molecular weight is 227 g/mol. The quantitative estimate of drug-likeness (QED) is 0.285. The van der Waals surface area contributed by atoms with Crippen molar-refractivity contribution >= 4 is 5.84 Å². The molecule has 0 aromatic heterocycles. The molecule has 0 bridgehead atoms. The number of nitrogens with zero attached hydrogens (tertiary/aromatic N) is 1. The van der Waals surface area contributed by atoms with E-state index in [4.69, 9.17) is 10.9 Å². The summed E-state index contributed by atoms with van der Waals surface area (Å²) >= 11 is 0. The number of amidine groups is 1. The zero-order valence-corrected chi connectivity index (χ0v) is 8.67. The van der Waals surface area contributed by atoms with E-state index in [-0.39, 0.29) is 12.5 Å². The molecule has 0 rings (SSSR count). The van der Waals surface area contributed by atoms with E-state index in [2.05, 4.69) is 10.5 Å². The van der Waals surface area contributed by atoms with Gasteiger partial charge < -0.3 is 16.3 Å². The van der Waals surface area contributed by atoms with Gasteiger partial charge in [0.1, 0.15) is 5.92 Å². The number of nitrogens with two attached hydrogens (primary N) is 1. The first kappa shape index (κ1) is 14.0. The molecular weight excluding hydrogens is 211 g/mol. The lowest BCUT2D eigenvalue weighted by atomic mass is 10.1. The molecule has 0 aromatic carbocycles. The van der Waals surface area contributed by atoms with Crippen LogP contribution in [0.4, 0.5) is 13.2 Å². The summed E-state index contributed by atoms with van der Waals surface area (Å²) in [6.07, 6.45) is -4.50. The van der Waals surface area contributed by atoms with E-state index in [0.29, 0.717) is 6.54 Å². The average Bonchev–Trinajstić information content (AvgIpc) is 2.09. The first-order valence-electron chi connectivity index (χ1n) is 4.53. The predicted octanol–water partition coefficient (Wildman–Crippen LogP) is 1.16. The Morgan fingerprint density at radius 2 is 1.93 bits per heavy atom. The molecule has 4 nitrogen and oxygen atoms in total. The maximum Gasteiger partial charge on any atom is 0.400 e. The highest BCUT2D eigenvalue weighted by molar-refractivity contribution is 5.83. The van der Waals surface area contributed by atoms with Crippen LogP contribution in [-0.2, 0) is 0 Å². The lowest BCUT2D eigenvalue weighted by Gasteiger charge is -2.19. The number of hydrogen-bond acceptors (Lipinski definition) is 3. The minimum atomic E-state index is -4.50. The lowest BCUT2D eigenvalue weighted by Crippen LogP contribution is -2.43. The second kappa shape index (κ2) is 5.79. The Labute approximate surface area is 86.3 Å². The van der Waals surface area contributed by atoms with E-state index in [1.54, 1.807) is 0 Å². The molecule has 1 unspecified atom stereocenters. The molecular formula is C8H16F3N3O.